The molecule has 0 heterocycles. The van der Waals surface area contributed by atoms with Gasteiger partial charge in [0.15, 0.2) is 0 Å². The van der Waals surface area contributed by atoms with Crippen molar-refractivity contribution in [2.24, 2.45) is 0 Å². The molecule has 0 aromatic heterocycles. The van der Waals surface area contributed by atoms with Crippen LogP contribution in [0.2, 0.25) is 0 Å². The standard InChI is InChI=1S/C7H11NO5/c1-13-7(10)3-2-6(9)4-5-8(11)12/h2-5H2,1H3. The van der Waals surface area contributed by atoms with Crippen LogP contribution in [0.1, 0.15) is 19.3 Å². The maximum atomic E-state index is 10.9. The summed E-state index contributed by atoms with van der Waals surface area (Å²) in [5, 5.41) is 9.86. The van der Waals surface area contributed by atoms with Crippen LogP contribution in [0.3, 0.4) is 0 Å². The fourth-order valence-electron chi connectivity index (χ4n) is 0.685. The number of carbonyl (C=O) groups is 2. The molecule has 0 unspecified atom stereocenters. The van der Waals surface area contributed by atoms with E-state index in [4.69, 9.17) is 0 Å². The van der Waals surface area contributed by atoms with Crippen molar-refractivity contribution in [1.29, 1.82) is 0 Å². The minimum absolute atomic E-state index is 0.00690. The molecule has 13 heavy (non-hydrogen) atoms. The first kappa shape index (κ1) is 11.5. The number of nitro groups is 1. The van der Waals surface area contributed by atoms with Gasteiger partial charge in [-0.25, -0.2) is 0 Å². The lowest BCUT2D eigenvalue weighted by Crippen LogP contribution is -2.10. The molecule has 0 saturated heterocycles. The van der Waals surface area contributed by atoms with Gasteiger partial charge in [-0.15, -0.1) is 0 Å². The van der Waals surface area contributed by atoms with Gasteiger partial charge in [-0.05, 0) is 0 Å². The molecule has 74 valence electrons. The normalized spacial score (nSPS) is 9.31. The third-order valence-corrected chi connectivity index (χ3v) is 1.41. The van der Waals surface area contributed by atoms with Gasteiger partial charge in [-0.2, -0.15) is 0 Å². The molecular weight excluding hydrogens is 178 g/mol. The quantitative estimate of drug-likeness (QED) is 0.338. The van der Waals surface area contributed by atoms with Crippen LogP contribution in [-0.2, 0) is 14.3 Å². The molecule has 0 bridgehead atoms. The van der Waals surface area contributed by atoms with Crippen LogP contribution in [0.25, 0.3) is 0 Å². The lowest BCUT2D eigenvalue weighted by Gasteiger charge is -1.97. The van der Waals surface area contributed by atoms with Crippen molar-refractivity contribution >= 4 is 11.8 Å². The second-order valence-electron chi connectivity index (χ2n) is 2.42. The number of Topliss-reactive ketones (excluding diaryl/α,β-unsaturated/α-hetero) is 1. The van der Waals surface area contributed by atoms with E-state index in [9.17, 15) is 19.7 Å². The molecule has 0 aliphatic heterocycles. The predicted molar refractivity (Wildman–Crippen MR) is 42.7 cm³/mol. The highest BCUT2D eigenvalue weighted by atomic mass is 16.6. The van der Waals surface area contributed by atoms with Crippen LogP contribution in [-0.4, -0.2) is 30.3 Å². The van der Waals surface area contributed by atoms with E-state index in [0.717, 1.165) is 0 Å². The van der Waals surface area contributed by atoms with E-state index in [-0.39, 0.29) is 31.6 Å². The van der Waals surface area contributed by atoms with Gasteiger partial charge in [-0.1, -0.05) is 0 Å². The highest BCUT2D eigenvalue weighted by Gasteiger charge is 2.09. The van der Waals surface area contributed by atoms with Gasteiger partial charge in [0.2, 0.25) is 6.54 Å². The first-order valence-corrected chi connectivity index (χ1v) is 3.76. The Bertz CT molecular complexity index is 213. The van der Waals surface area contributed by atoms with Gasteiger partial charge in [-0.3, -0.25) is 19.7 Å². The summed E-state index contributed by atoms with van der Waals surface area (Å²) in [5.74, 6) is -0.767. The average molecular weight is 189 g/mol. The Morgan fingerprint density at radius 3 is 2.38 bits per heavy atom. The lowest BCUT2D eigenvalue weighted by molar-refractivity contribution is -0.478. The SMILES string of the molecule is COC(=O)CCC(=O)CC[N+](=O)[O-]. The van der Waals surface area contributed by atoms with Gasteiger partial charge in [0.1, 0.15) is 5.78 Å². The molecule has 0 radical (unpaired) electrons. The molecule has 0 fully saturated rings. The Hall–Kier alpha value is -1.46. The van der Waals surface area contributed by atoms with Crippen LogP contribution in [0.5, 0.6) is 0 Å². The summed E-state index contributed by atoms with van der Waals surface area (Å²) >= 11 is 0. The summed E-state index contributed by atoms with van der Waals surface area (Å²) in [4.78, 5) is 30.7. The summed E-state index contributed by atoms with van der Waals surface area (Å²) in [7, 11) is 1.23. The van der Waals surface area contributed by atoms with E-state index in [0.29, 0.717) is 0 Å². The zero-order valence-corrected chi connectivity index (χ0v) is 7.32. The van der Waals surface area contributed by atoms with Crippen molar-refractivity contribution in [3.63, 3.8) is 0 Å². The summed E-state index contributed by atoms with van der Waals surface area (Å²) < 4.78 is 4.30. The molecule has 0 atom stereocenters. The smallest absolute Gasteiger partial charge is 0.305 e. The number of carbonyl (C=O) groups excluding carboxylic acids is 2. The fourth-order valence-corrected chi connectivity index (χ4v) is 0.685. The summed E-state index contributed by atoms with van der Waals surface area (Å²) in [6.07, 6.45) is -0.114. The average Bonchev–Trinajstić information content (AvgIpc) is 2.10. The van der Waals surface area contributed by atoms with Gasteiger partial charge in [0.25, 0.3) is 0 Å². The van der Waals surface area contributed by atoms with Crippen molar-refractivity contribution in [3.8, 4) is 0 Å². The van der Waals surface area contributed by atoms with Crippen LogP contribution >= 0.6 is 0 Å². The molecule has 0 rings (SSSR count). The van der Waals surface area contributed by atoms with E-state index in [1.165, 1.54) is 7.11 Å². The molecule has 0 amide bonds. The maximum absolute atomic E-state index is 10.9. The van der Waals surface area contributed by atoms with Gasteiger partial charge >= 0.3 is 5.97 Å². The molecule has 0 aliphatic rings. The van der Waals surface area contributed by atoms with Gasteiger partial charge in [0.05, 0.1) is 20.0 Å². The Morgan fingerprint density at radius 2 is 1.92 bits per heavy atom. The van der Waals surface area contributed by atoms with E-state index in [1.54, 1.807) is 0 Å². The number of methoxy groups -OCH3 is 1. The first-order chi connectivity index (χ1) is 6.06. The lowest BCUT2D eigenvalue weighted by atomic mass is 10.2. The number of hydrogen-bond donors (Lipinski definition) is 0. The monoisotopic (exact) mass is 189 g/mol. The summed E-state index contributed by atoms with van der Waals surface area (Å²) in [6, 6.07) is 0. The molecule has 0 spiro atoms. The van der Waals surface area contributed by atoms with Crippen molar-refractivity contribution < 1.29 is 19.2 Å². The van der Waals surface area contributed by atoms with Crippen molar-refractivity contribution in [2.45, 2.75) is 19.3 Å². The van der Waals surface area contributed by atoms with Crippen LogP contribution in [0, 0.1) is 10.1 Å². The minimum Gasteiger partial charge on any atom is -0.469 e. The third kappa shape index (κ3) is 6.92. The van der Waals surface area contributed by atoms with E-state index >= 15 is 0 Å². The first-order valence-electron chi connectivity index (χ1n) is 3.76. The molecule has 6 nitrogen and oxygen atoms in total. The molecule has 6 heteroatoms. The van der Waals surface area contributed by atoms with Crippen molar-refractivity contribution in [2.75, 3.05) is 13.7 Å². The van der Waals surface area contributed by atoms with Crippen LogP contribution < -0.4 is 0 Å². The molecular formula is C7H11NO5. The van der Waals surface area contributed by atoms with E-state index < -0.39 is 10.9 Å². The Kier molecular flexibility index (Phi) is 5.42. The maximum Gasteiger partial charge on any atom is 0.305 e. The number of hydrogen-bond acceptors (Lipinski definition) is 5. The summed E-state index contributed by atoms with van der Waals surface area (Å²) in [6.45, 7) is -0.375. The fraction of sp³-hybridized carbons (Fsp3) is 0.714. The van der Waals surface area contributed by atoms with Gasteiger partial charge < -0.3 is 4.74 Å². The molecule has 0 N–H and O–H groups in total. The Balaban J connectivity index is 3.52. The number of nitrogens with zero attached hydrogens (tertiary/aromatic N) is 1. The summed E-state index contributed by atoms with van der Waals surface area (Å²) in [5.41, 5.74) is 0. The highest BCUT2D eigenvalue weighted by molar-refractivity contribution is 5.82. The number of ketones is 1. The Morgan fingerprint density at radius 1 is 1.31 bits per heavy atom. The zero-order chi connectivity index (χ0) is 10.3. The van der Waals surface area contributed by atoms with Crippen molar-refractivity contribution in [1.82, 2.24) is 0 Å². The molecule has 0 aliphatic carbocycles. The zero-order valence-electron chi connectivity index (χ0n) is 7.32. The van der Waals surface area contributed by atoms with E-state index in [2.05, 4.69) is 4.74 Å². The second-order valence-corrected chi connectivity index (χ2v) is 2.42. The van der Waals surface area contributed by atoms with Gasteiger partial charge in [0, 0.05) is 11.3 Å². The van der Waals surface area contributed by atoms with Crippen molar-refractivity contribution in [3.05, 3.63) is 10.1 Å². The molecule has 0 saturated carbocycles. The molecule has 0 aromatic rings. The van der Waals surface area contributed by atoms with E-state index in [1.807, 2.05) is 0 Å². The minimum atomic E-state index is -0.559. The van der Waals surface area contributed by atoms with Crippen LogP contribution in [0.15, 0.2) is 0 Å². The Labute approximate surface area is 75.0 Å². The number of ether oxygens (including phenoxy) is 1. The highest BCUT2D eigenvalue weighted by Crippen LogP contribution is 1.96. The van der Waals surface area contributed by atoms with Crippen LogP contribution in [0.4, 0.5) is 0 Å². The largest absolute Gasteiger partial charge is 0.469 e. The topological polar surface area (TPSA) is 86.5 Å². The second kappa shape index (κ2) is 6.10. The number of esters is 1. The third-order valence-electron chi connectivity index (χ3n) is 1.41. The molecule has 0 aromatic carbocycles. The number of rotatable bonds is 6. The predicted octanol–water partition coefficient (Wildman–Crippen LogP) is 0.175.